The summed E-state index contributed by atoms with van der Waals surface area (Å²) in [5.74, 6) is 0. The molecule has 1 aliphatic rings. The normalized spacial score (nSPS) is 19.7. The van der Waals surface area contributed by atoms with Gasteiger partial charge in [0, 0.05) is 25.8 Å². The molecule has 1 fully saturated rings. The lowest BCUT2D eigenvalue weighted by Gasteiger charge is -2.32. The maximum atomic E-state index is 6.09. The molecule has 1 saturated heterocycles. The third kappa shape index (κ3) is 3.65. The Morgan fingerprint density at radius 1 is 0.864 bits per heavy atom. The highest BCUT2D eigenvalue weighted by molar-refractivity contribution is 6.62. The van der Waals surface area contributed by atoms with Crippen molar-refractivity contribution in [2.45, 2.75) is 38.9 Å². The third-order valence-electron chi connectivity index (χ3n) is 4.74. The Morgan fingerprint density at radius 3 is 1.82 bits per heavy atom. The fraction of sp³-hybridized carbons (Fsp3) is 0.647. The van der Waals surface area contributed by atoms with Crippen LogP contribution < -0.4 is 10.4 Å². The smallest absolute Gasteiger partial charge is 0.399 e. The first kappa shape index (κ1) is 17.3. The Morgan fingerprint density at radius 2 is 1.36 bits per heavy atom. The first-order chi connectivity index (χ1) is 10.1. The average molecular weight is 304 g/mol. The summed E-state index contributed by atoms with van der Waals surface area (Å²) in [6.07, 6.45) is 0. The van der Waals surface area contributed by atoms with E-state index in [0.717, 1.165) is 18.6 Å². The van der Waals surface area contributed by atoms with Crippen molar-refractivity contribution in [2.24, 2.45) is 0 Å². The van der Waals surface area contributed by atoms with Crippen LogP contribution in [0.2, 0.25) is 0 Å². The predicted octanol–water partition coefficient (Wildman–Crippen LogP) is 1.98. The molecule has 0 spiro atoms. The van der Waals surface area contributed by atoms with E-state index in [0.29, 0.717) is 0 Å². The second kappa shape index (κ2) is 6.22. The van der Waals surface area contributed by atoms with Crippen LogP contribution in [0.4, 0.5) is 5.69 Å². The van der Waals surface area contributed by atoms with Gasteiger partial charge in [0.05, 0.1) is 11.2 Å². The Kier molecular flexibility index (Phi) is 4.90. The Bertz CT molecular complexity index is 484. The molecule has 1 aromatic carbocycles. The van der Waals surface area contributed by atoms with Gasteiger partial charge in [-0.15, -0.1) is 0 Å². The summed E-state index contributed by atoms with van der Waals surface area (Å²) in [5.41, 5.74) is 1.70. The van der Waals surface area contributed by atoms with Crippen LogP contribution in [0.1, 0.15) is 27.7 Å². The van der Waals surface area contributed by atoms with Gasteiger partial charge in [-0.25, -0.2) is 0 Å². The van der Waals surface area contributed by atoms with Crippen LogP contribution in [0, 0.1) is 0 Å². The molecule has 0 amide bonds. The SMILES string of the molecule is CN(C)CCN(C)c1ccc(B2OC(C)(C)C(C)(C)O2)cc1. The second-order valence-corrected chi connectivity index (χ2v) is 7.40. The van der Waals surface area contributed by atoms with Crippen LogP contribution in [0.15, 0.2) is 24.3 Å². The molecule has 1 aromatic rings. The summed E-state index contributed by atoms with van der Waals surface area (Å²) in [4.78, 5) is 4.45. The van der Waals surface area contributed by atoms with Gasteiger partial charge >= 0.3 is 7.12 Å². The van der Waals surface area contributed by atoms with Crippen LogP contribution in [0.25, 0.3) is 0 Å². The summed E-state index contributed by atoms with van der Waals surface area (Å²) in [5, 5.41) is 0. The highest BCUT2D eigenvalue weighted by atomic mass is 16.7. The van der Waals surface area contributed by atoms with Gasteiger partial charge < -0.3 is 19.1 Å². The molecular formula is C17H29BN2O2. The molecule has 2 rings (SSSR count). The Labute approximate surface area is 135 Å². The van der Waals surface area contributed by atoms with Crippen molar-refractivity contribution >= 4 is 18.3 Å². The van der Waals surface area contributed by atoms with E-state index in [-0.39, 0.29) is 18.3 Å². The van der Waals surface area contributed by atoms with Crippen molar-refractivity contribution in [1.82, 2.24) is 4.90 Å². The molecule has 1 aliphatic heterocycles. The molecule has 0 bridgehead atoms. The summed E-state index contributed by atoms with van der Waals surface area (Å²) in [7, 11) is 6.02. The largest absolute Gasteiger partial charge is 0.494 e. The summed E-state index contributed by atoms with van der Waals surface area (Å²) in [6, 6.07) is 8.47. The Balaban J connectivity index is 2.04. The maximum absolute atomic E-state index is 6.09. The minimum atomic E-state index is -0.293. The minimum absolute atomic E-state index is 0.286. The molecule has 0 unspecified atom stereocenters. The van der Waals surface area contributed by atoms with E-state index < -0.39 is 0 Å². The van der Waals surface area contributed by atoms with E-state index >= 15 is 0 Å². The Hall–Kier alpha value is -1.04. The minimum Gasteiger partial charge on any atom is -0.399 e. The van der Waals surface area contributed by atoms with Gasteiger partial charge in [-0.2, -0.15) is 0 Å². The van der Waals surface area contributed by atoms with Gasteiger partial charge in [0.25, 0.3) is 0 Å². The number of likely N-dealkylation sites (N-methyl/N-ethyl adjacent to an activating group) is 2. The van der Waals surface area contributed by atoms with Crippen molar-refractivity contribution in [2.75, 3.05) is 39.1 Å². The highest BCUT2D eigenvalue weighted by Gasteiger charge is 2.51. The molecule has 4 nitrogen and oxygen atoms in total. The van der Waals surface area contributed by atoms with Crippen LogP contribution in [-0.4, -0.2) is 57.5 Å². The van der Waals surface area contributed by atoms with Crippen LogP contribution in [-0.2, 0) is 9.31 Å². The van der Waals surface area contributed by atoms with Crippen LogP contribution in [0.3, 0.4) is 0 Å². The predicted molar refractivity (Wildman–Crippen MR) is 94.0 cm³/mol. The van der Waals surface area contributed by atoms with Crippen LogP contribution in [0.5, 0.6) is 0 Å². The molecule has 0 aliphatic carbocycles. The summed E-state index contributed by atoms with van der Waals surface area (Å²) in [6.45, 7) is 10.4. The van der Waals surface area contributed by atoms with Crippen molar-refractivity contribution in [1.29, 1.82) is 0 Å². The van der Waals surface area contributed by atoms with E-state index in [1.807, 2.05) is 0 Å². The van der Waals surface area contributed by atoms with E-state index in [1.54, 1.807) is 0 Å². The average Bonchev–Trinajstić information content (AvgIpc) is 2.65. The molecular weight excluding hydrogens is 275 g/mol. The molecule has 0 atom stereocenters. The van der Waals surface area contributed by atoms with Gasteiger partial charge in [-0.3, -0.25) is 0 Å². The zero-order chi connectivity index (χ0) is 16.5. The van der Waals surface area contributed by atoms with Crippen LogP contribution >= 0.6 is 0 Å². The number of hydrogen-bond donors (Lipinski definition) is 0. The summed E-state index contributed by atoms with van der Waals surface area (Å²) < 4.78 is 12.2. The number of rotatable bonds is 5. The van der Waals surface area contributed by atoms with E-state index in [2.05, 4.69) is 82.9 Å². The zero-order valence-electron chi connectivity index (χ0n) is 15.0. The van der Waals surface area contributed by atoms with E-state index in [4.69, 9.17) is 9.31 Å². The molecule has 5 heteroatoms. The first-order valence-corrected chi connectivity index (χ1v) is 7.94. The third-order valence-corrected chi connectivity index (χ3v) is 4.74. The zero-order valence-corrected chi connectivity index (χ0v) is 15.0. The number of hydrogen-bond acceptors (Lipinski definition) is 4. The highest BCUT2D eigenvalue weighted by Crippen LogP contribution is 2.36. The fourth-order valence-corrected chi connectivity index (χ4v) is 2.34. The number of nitrogens with zero attached hydrogens (tertiary/aromatic N) is 2. The van der Waals surface area contributed by atoms with E-state index in [1.165, 1.54) is 5.69 Å². The van der Waals surface area contributed by atoms with Crippen molar-refractivity contribution < 1.29 is 9.31 Å². The van der Waals surface area contributed by atoms with Crippen molar-refractivity contribution in [3.63, 3.8) is 0 Å². The molecule has 0 aromatic heterocycles. The standard InChI is InChI=1S/C17H29BN2O2/c1-16(2)17(3,4)22-18(21-16)14-8-10-15(11-9-14)20(7)13-12-19(5)6/h8-11H,12-13H2,1-7H3. The molecule has 1 heterocycles. The van der Waals surface area contributed by atoms with E-state index in [9.17, 15) is 0 Å². The number of benzene rings is 1. The van der Waals surface area contributed by atoms with Crippen molar-refractivity contribution in [3.05, 3.63) is 24.3 Å². The topological polar surface area (TPSA) is 24.9 Å². The number of anilines is 1. The molecule has 0 N–H and O–H groups in total. The second-order valence-electron chi connectivity index (χ2n) is 7.40. The molecule has 0 saturated carbocycles. The lowest BCUT2D eigenvalue weighted by molar-refractivity contribution is 0.00578. The summed E-state index contributed by atoms with van der Waals surface area (Å²) >= 11 is 0. The maximum Gasteiger partial charge on any atom is 0.494 e. The lowest BCUT2D eigenvalue weighted by atomic mass is 9.79. The fourth-order valence-electron chi connectivity index (χ4n) is 2.34. The molecule has 122 valence electrons. The molecule has 0 radical (unpaired) electrons. The van der Waals surface area contributed by atoms with Gasteiger partial charge in [0.1, 0.15) is 0 Å². The van der Waals surface area contributed by atoms with Crippen molar-refractivity contribution in [3.8, 4) is 0 Å². The first-order valence-electron chi connectivity index (χ1n) is 7.94. The van der Waals surface area contributed by atoms with Gasteiger partial charge in [-0.1, -0.05) is 12.1 Å². The van der Waals surface area contributed by atoms with Gasteiger partial charge in [0.2, 0.25) is 0 Å². The van der Waals surface area contributed by atoms with Gasteiger partial charge in [-0.05, 0) is 59.4 Å². The lowest BCUT2D eigenvalue weighted by Crippen LogP contribution is -2.41. The quantitative estimate of drug-likeness (QED) is 0.777. The van der Waals surface area contributed by atoms with Gasteiger partial charge in [0.15, 0.2) is 0 Å². The monoisotopic (exact) mass is 304 g/mol. The molecule has 22 heavy (non-hydrogen) atoms.